The molecular weight excluding hydrogens is 250 g/mol. The second-order valence-electron chi connectivity index (χ2n) is 4.44. The van der Waals surface area contributed by atoms with Crippen LogP contribution in [0.3, 0.4) is 0 Å². The fraction of sp³-hybridized carbons (Fsp3) is 0.500. The number of aromatic nitrogens is 4. The molecule has 2 heterocycles. The zero-order valence-corrected chi connectivity index (χ0v) is 11.7. The van der Waals surface area contributed by atoms with Crippen LogP contribution < -0.4 is 5.32 Å². The van der Waals surface area contributed by atoms with Crippen molar-refractivity contribution in [1.82, 2.24) is 24.9 Å². The van der Waals surface area contributed by atoms with Crippen molar-refractivity contribution in [2.45, 2.75) is 26.9 Å². The summed E-state index contributed by atoms with van der Waals surface area (Å²) < 4.78 is 3.63. The van der Waals surface area contributed by atoms with Gasteiger partial charge in [0, 0.05) is 31.9 Å². The second-order valence-corrected chi connectivity index (χ2v) is 4.79. The average molecular weight is 268 g/mol. The minimum Gasteiger partial charge on any atom is -0.311 e. The first-order valence-corrected chi connectivity index (χ1v) is 6.33. The molecule has 0 saturated heterocycles. The number of nitrogens with zero attached hydrogens (tertiary/aromatic N) is 4. The van der Waals surface area contributed by atoms with Gasteiger partial charge in [-0.05, 0) is 19.4 Å². The zero-order valence-electron chi connectivity index (χ0n) is 10.9. The smallest absolute Gasteiger partial charge is 0.131 e. The lowest BCUT2D eigenvalue weighted by Crippen LogP contribution is -2.20. The molecule has 0 unspecified atom stereocenters. The maximum absolute atomic E-state index is 6.16. The molecule has 2 aromatic heterocycles. The van der Waals surface area contributed by atoms with Crippen molar-refractivity contribution in [3.05, 3.63) is 34.4 Å². The number of hydrogen-bond acceptors (Lipinski definition) is 3. The lowest BCUT2D eigenvalue weighted by Gasteiger charge is -2.05. The van der Waals surface area contributed by atoms with Gasteiger partial charge in [-0.25, -0.2) is 0 Å². The van der Waals surface area contributed by atoms with Gasteiger partial charge in [0.2, 0.25) is 0 Å². The minimum absolute atomic E-state index is 0.704. The minimum atomic E-state index is 0.704. The van der Waals surface area contributed by atoms with E-state index in [1.807, 2.05) is 38.0 Å². The number of hydrogen-bond donors (Lipinski definition) is 1. The monoisotopic (exact) mass is 267 g/mol. The van der Waals surface area contributed by atoms with E-state index in [9.17, 15) is 0 Å². The highest BCUT2D eigenvalue weighted by molar-refractivity contribution is 6.30. The SMILES string of the molecule is Cc1cnn(CCNCc2c(C)nn(C)c2Cl)c1. The molecule has 0 aliphatic rings. The molecule has 1 N–H and O–H groups in total. The zero-order chi connectivity index (χ0) is 13.1. The molecular formula is C12H18ClN5. The fourth-order valence-electron chi connectivity index (χ4n) is 1.87. The van der Waals surface area contributed by atoms with Crippen LogP contribution in [-0.2, 0) is 20.1 Å². The standard InChI is InChI=1S/C12H18ClN5/c1-9-6-15-18(8-9)5-4-14-7-11-10(2)16-17(3)12(11)13/h6,8,14H,4-5,7H2,1-3H3. The summed E-state index contributed by atoms with van der Waals surface area (Å²) in [6, 6.07) is 0. The number of rotatable bonds is 5. The van der Waals surface area contributed by atoms with Crippen LogP contribution in [0.5, 0.6) is 0 Å². The third kappa shape index (κ3) is 2.91. The lowest BCUT2D eigenvalue weighted by molar-refractivity contribution is 0.554. The van der Waals surface area contributed by atoms with Crippen molar-refractivity contribution in [3.63, 3.8) is 0 Å². The Bertz CT molecular complexity index is 529. The molecule has 0 fully saturated rings. The molecule has 0 aromatic carbocycles. The maximum atomic E-state index is 6.16. The maximum Gasteiger partial charge on any atom is 0.131 e. The van der Waals surface area contributed by atoms with Crippen molar-refractivity contribution < 1.29 is 0 Å². The second kappa shape index (κ2) is 5.54. The molecule has 98 valence electrons. The first-order valence-electron chi connectivity index (χ1n) is 5.95. The molecule has 6 heteroatoms. The van der Waals surface area contributed by atoms with Gasteiger partial charge in [-0.1, -0.05) is 11.6 Å². The Hall–Kier alpha value is -1.33. The summed E-state index contributed by atoms with van der Waals surface area (Å²) in [6.45, 7) is 6.45. The Morgan fingerprint density at radius 3 is 2.72 bits per heavy atom. The van der Waals surface area contributed by atoms with Crippen molar-refractivity contribution in [3.8, 4) is 0 Å². The molecule has 2 rings (SSSR count). The number of aryl methyl sites for hydroxylation is 3. The highest BCUT2D eigenvalue weighted by Gasteiger charge is 2.09. The molecule has 0 atom stereocenters. The van der Waals surface area contributed by atoms with E-state index in [0.29, 0.717) is 5.15 Å². The van der Waals surface area contributed by atoms with Crippen LogP contribution in [0.1, 0.15) is 16.8 Å². The van der Waals surface area contributed by atoms with Crippen LogP contribution in [0.4, 0.5) is 0 Å². The Balaban J connectivity index is 1.82. The van der Waals surface area contributed by atoms with Gasteiger partial charge in [-0.2, -0.15) is 10.2 Å². The van der Waals surface area contributed by atoms with Gasteiger partial charge in [0.15, 0.2) is 0 Å². The fourth-order valence-corrected chi connectivity index (χ4v) is 2.11. The van der Waals surface area contributed by atoms with Gasteiger partial charge >= 0.3 is 0 Å². The van der Waals surface area contributed by atoms with Gasteiger partial charge in [0.25, 0.3) is 0 Å². The van der Waals surface area contributed by atoms with E-state index >= 15 is 0 Å². The third-order valence-electron chi connectivity index (χ3n) is 2.85. The summed E-state index contributed by atoms with van der Waals surface area (Å²) in [4.78, 5) is 0. The highest BCUT2D eigenvalue weighted by Crippen LogP contribution is 2.17. The topological polar surface area (TPSA) is 47.7 Å². The van der Waals surface area contributed by atoms with Crippen LogP contribution in [0.25, 0.3) is 0 Å². The molecule has 0 saturated carbocycles. The summed E-state index contributed by atoms with van der Waals surface area (Å²) in [5.74, 6) is 0. The van der Waals surface area contributed by atoms with E-state index in [2.05, 4.69) is 15.5 Å². The number of nitrogens with one attached hydrogen (secondary N) is 1. The van der Waals surface area contributed by atoms with Gasteiger partial charge < -0.3 is 5.32 Å². The predicted molar refractivity (Wildman–Crippen MR) is 71.6 cm³/mol. The molecule has 0 spiro atoms. The van der Waals surface area contributed by atoms with E-state index in [1.165, 1.54) is 5.56 Å². The van der Waals surface area contributed by atoms with E-state index < -0.39 is 0 Å². The van der Waals surface area contributed by atoms with E-state index in [0.717, 1.165) is 30.9 Å². The Morgan fingerprint density at radius 2 is 2.17 bits per heavy atom. The molecule has 2 aromatic rings. The quantitative estimate of drug-likeness (QED) is 0.839. The largest absolute Gasteiger partial charge is 0.311 e. The Morgan fingerprint density at radius 1 is 1.39 bits per heavy atom. The van der Waals surface area contributed by atoms with Gasteiger partial charge in [-0.15, -0.1) is 0 Å². The van der Waals surface area contributed by atoms with Crippen LogP contribution in [0, 0.1) is 13.8 Å². The first kappa shape index (κ1) is 13.1. The summed E-state index contributed by atoms with van der Waals surface area (Å²) in [5, 5.41) is 12.6. The van der Waals surface area contributed by atoms with Crippen molar-refractivity contribution in [1.29, 1.82) is 0 Å². The molecule has 0 aliphatic heterocycles. The van der Waals surface area contributed by atoms with Crippen LogP contribution in [0.15, 0.2) is 12.4 Å². The average Bonchev–Trinajstić information content (AvgIpc) is 2.82. The molecule has 0 radical (unpaired) electrons. The summed E-state index contributed by atoms with van der Waals surface area (Å²) in [7, 11) is 1.85. The molecule has 0 bridgehead atoms. The Kier molecular flexibility index (Phi) is 4.04. The Labute approximate surface area is 112 Å². The summed E-state index contributed by atoms with van der Waals surface area (Å²) in [5.41, 5.74) is 3.22. The molecule has 18 heavy (non-hydrogen) atoms. The third-order valence-corrected chi connectivity index (χ3v) is 3.32. The molecule has 0 aliphatic carbocycles. The van der Waals surface area contributed by atoms with Crippen LogP contribution in [0.2, 0.25) is 5.15 Å². The lowest BCUT2D eigenvalue weighted by atomic mass is 10.2. The van der Waals surface area contributed by atoms with E-state index in [1.54, 1.807) is 4.68 Å². The van der Waals surface area contributed by atoms with Crippen molar-refractivity contribution in [2.24, 2.45) is 7.05 Å². The van der Waals surface area contributed by atoms with Gasteiger partial charge in [0.1, 0.15) is 5.15 Å². The normalized spacial score (nSPS) is 11.1. The van der Waals surface area contributed by atoms with Crippen LogP contribution in [-0.4, -0.2) is 26.1 Å². The number of halogens is 1. The first-order chi connectivity index (χ1) is 8.58. The molecule has 5 nitrogen and oxygen atoms in total. The van der Waals surface area contributed by atoms with E-state index in [4.69, 9.17) is 11.6 Å². The van der Waals surface area contributed by atoms with Gasteiger partial charge in [0.05, 0.1) is 18.4 Å². The van der Waals surface area contributed by atoms with Gasteiger partial charge in [-0.3, -0.25) is 9.36 Å². The molecule has 0 amide bonds. The predicted octanol–water partition coefficient (Wildman–Crippen LogP) is 1.68. The highest BCUT2D eigenvalue weighted by atomic mass is 35.5. The summed E-state index contributed by atoms with van der Waals surface area (Å²) >= 11 is 6.16. The van der Waals surface area contributed by atoms with E-state index in [-0.39, 0.29) is 0 Å². The van der Waals surface area contributed by atoms with Crippen molar-refractivity contribution >= 4 is 11.6 Å². The summed E-state index contributed by atoms with van der Waals surface area (Å²) in [6.07, 6.45) is 3.89. The van der Waals surface area contributed by atoms with Crippen molar-refractivity contribution in [2.75, 3.05) is 6.54 Å². The van der Waals surface area contributed by atoms with Crippen LogP contribution >= 0.6 is 11.6 Å².